The third kappa shape index (κ3) is 4.87. The zero-order chi connectivity index (χ0) is 27.7. The first-order valence-corrected chi connectivity index (χ1v) is 12.5. The Labute approximate surface area is 218 Å². The molecule has 0 amide bonds. The summed E-state index contributed by atoms with van der Waals surface area (Å²) >= 11 is 0. The van der Waals surface area contributed by atoms with Gasteiger partial charge >= 0.3 is 12.4 Å². The molecule has 0 aromatic carbocycles. The van der Waals surface area contributed by atoms with Crippen molar-refractivity contribution in [3.63, 3.8) is 0 Å². The molecule has 204 valence electrons. The second-order valence-electron chi connectivity index (χ2n) is 10.2. The van der Waals surface area contributed by atoms with E-state index in [0.29, 0.717) is 19.4 Å². The molecular weight excluding hydrogens is 526 g/mol. The van der Waals surface area contributed by atoms with Crippen LogP contribution in [0.4, 0.5) is 26.3 Å². The highest BCUT2D eigenvalue weighted by Gasteiger charge is 2.40. The summed E-state index contributed by atoms with van der Waals surface area (Å²) < 4.78 is 87.9. The van der Waals surface area contributed by atoms with Gasteiger partial charge in [0.15, 0.2) is 5.65 Å². The number of nitrogens with zero attached hydrogens (tertiary/aromatic N) is 4. The van der Waals surface area contributed by atoms with Crippen LogP contribution < -0.4 is 5.56 Å². The van der Waals surface area contributed by atoms with Gasteiger partial charge in [-0.2, -0.15) is 26.3 Å². The van der Waals surface area contributed by atoms with E-state index < -0.39 is 29.9 Å². The summed E-state index contributed by atoms with van der Waals surface area (Å²) in [7, 11) is 0. The molecule has 39 heavy (non-hydrogen) atoms. The minimum absolute atomic E-state index is 0.0133. The molecule has 3 aliphatic rings. The van der Waals surface area contributed by atoms with Gasteiger partial charge in [0, 0.05) is 48.2 Å². The molecule has 1 aliphatic heterocycles. The van der Waals surface area contributed by atoms with Crippen LogP contribution in [-0.4, -0.2) is 32.3 Å². The maximum Gasteiger partial charge on any atom is 0.420 e. The molecule has 4 heterocycles. The first-order chi connectivity index (χ1) is 18.4. The van der Waals surface area contributed by atoms with Gasteiger partial charge in [-0.3, -0.25) is 4.79 Å². The molecule has 1 saturated carbocycles. The number of fused-ring (bicyclic) bond motifs is 1. The Morgan fingerprint density at radius 3 is 2.44 bits per heavy atom. The molecule has 1 saturated heterocycles. The third-order valence-electron chi connectivity index (χ3n) is 7.41. The fraction of sp³-hybridized carbons (Fsp3) is 0.444. The van der Waals surface area contributed by atoms with Crippen LogP contribution in [0, 0.1) is 6.92 Å². The van der Waals surface area contributed by atoms with Gasteiger partial charge < -0.3 is 9.30 Å². The van der Waals surface area contributed by atoms with E-state index in [1.54, 1.807) is 16.8 Å². The Kier molecular flexibility index (Phi) is 5.96. The van der Waals surface area contributed by atoms with Crippen molar-refractivity contribution in [3.8, 4) is 0 Å². The van der Waals surface area contributed by atoms with Crippen molar-refractivity contribution in [2.75, 3.05) is 6.61 Å². The maximum absolute atomic E-state index is 13.6. The predicted molar refractivity (Wildman–Crippen MR) is 128 cm³/mol. The average Bonchev–Trinajstić information content (AvgIpc) is 3.66. The van der Waals surface area contributed by atoms with Crippen LogP contribution in [0.25, 0.3) is 16.6 Å². The molecule has 12 heteroatoms. The lowest BCUT2D eigenvalue weighted by molar-refractivity contribution is -0.138. The van der Waals surface area contributed by atoms with Gasteiger partial charge in [0.1, 0.15) is 5.82 Å². The van der Waals surface area contributed by atoms with Crippen molar-refractivity contribution in [1.29, 1.82) is 0 Å². The standard InChI is InChI=1S/C27H22F6N4O2/c1-13-20(27(31,32)33)11-19-23(16-8-17(9-16)26(28,29)30)35-24(36-25(19)34-13)14-6-7-39-21(10-14)15-2-5-22(38)37(12-15)18-3-4-18/h2,5,11-12,14,18,21H,3-4,6-8,10H2,1H3/t14-,21+/m0/s1. The molecule has 0 unspecified atom stereocenters. The smallest absolute Gasteiger partial charge is 0.373 e. The molecule has 0 radical (unpaired) electrons. The Hall–Kier alpha value is -3.50. The number of rotatable bonds is 4. The van der Waals surface area contributed by atoms with Crippen LogP contribution >= 0.6 is 0 Å². The fourth-order valence-electron chi connectivity index (χ4n) is 5.13. The topological polar surface area (TPSA) is 69.9 Å². The maximum atomic E-state index is 13.6. The summed E-state index contributed by atoms with van der Waals surface area (Å²) in [6.07, 6.45) is -5.56. The van der Waals surface area contributed by atoms with E-state index in [9.17, 15) is 31.1 Å². The van der Waals surface area contributed by atoms with E-state index >= 15 is 0 Å². The molecule has 3 aromatic heterocycles. The lowest BCUT2D eigenvalue weighted by atomic mass is 9.90. The highest BCUT2D eigenvalue weighted by atomic mass is 19.4. The van der Waals surface area contributed by atoms with E-state index in [-0.39, 0.29) is 57.4 Å². The number of pyridine rings is 2. The number of hydrogen-bond donors (Lipinski definition) is 0. The second-order valence-corrected chi connectivity index (χ2v) is 10.2. The van der Waals surface area contributed by atoms with Crippen molar-refractivity contribution in [2.45, 2.75) is 69.4 Å². The number of aryl methyl sites for hydroxylation is 1. The number of alkyl halides is 6. The molecule has 2 atom stereocenters. The molecule has 2 fully saturated rings. The second kappa shape index (κ2) is 9.02. The van der Waals surface area contributed by atoms with E-state index in [1.807, 2.05) is 0 Å². The van der Waals surface area contributed by atoms with Crippen LogP contribution in [0.2, 0.25) is 0 Å². The third-order valence-corrected chi connectivity index (χ3v) is 7.41. The number of ether oxygens (including phenoxy) is 1. The number of halogens is 6. The van der Waals surface area contributed by atoms with Crippen LogP contribution in [0.5, 0.6) is 0 Å². The van der Waals surface area contributed by atoms with Crippen LogP contribution in [0.3, 0.4) is 0 Å². The lowest BCUT2D eigenvalue weighted by Crippen LogP contribution is -2.24. The van der Waals surface area contributed by atoms with Crippen molar-refractivity contribution in [3.05, 3.63) is 74.4 Å². The molecule has 2 aliphatic carbocycles. The molecule has 0 spiro atoms. The van der Waals surface area contributed by atoms with Gasteiger partial charge in [0.2, 0.25) is 0 Å². The number of hydrogen-bond acceptors (Lipinski definition) is 5. The minimum atomic E-state index is -4.70. The van der Waals surface area contributed by atoms with Crippen LogP contribution in [0.15, 0.2) is 40.5 Å². The summed E-state index contributed by atoms with van der Waals surface area (Å²) in [5.41, 5.74) is 0.832. The van der Waals surface area contributed by atoms with Gasteiger partial charge in [-0.1, -0.05) is 0 Å². The zero-order valence-corrected chi connectivity index (χ0v) is 20.7. The highest BCUT2D eigenvalue weighted by Crippen LogP contribution is 2.43. The van der Waals surface area contributed by atoms with Crippen molar-refractivity contribution < 1.29 is 31.1 Å². The largest absolute Gasteiger partial charge is 0.420 e. The van der Waals surface area contributed by atoms with E-state index in [4.69, 9.17) is 4.74 Å². The molecule has 0 N–H and O–H groups in total. The number of aromatic nitrogens is 4. The summed E-state index contributed by atoms with van der Waals surface area (Å²) in [6.45, 7) is 1.56. The minimum Gasteiger partial charge on any atom is -0.373 e. The van der Waals surface area contributed by atoms with Gasteiger partial charge in [0.25, 0.3) is 5.56 Å². The molecule has 3 aromatic rings. The van der Waals surface area contributed by atoms with E-state index in [0.717, 1.165) is 24.5 Å². The normalized spacial score (nSPS) is 21.9. The molecule has 6 rings (SSSR count). The Balaban J connectivity index is 1.42. The summed E-state index contributed by atoms with van der Waals surface area (Å²) in [5.74, 6) is -0.00734. The van der Waals surface area contributed by atoms with Gasteiger partial charge in [0.05, 0.1) is 28.6 Å². The van der Waals surface area contributed by atoms with Crippen molar-refractivity contribution >= 4 is 16.6 Å². The Bertz CT molecular complexity index is 1610. The van der Waals surface area contributed by atoms with Crippen molar-refractivity contribution in [2.24, 2.45) is 0 Å². The predicted octanol–water partition coefficient (Wildman–Crippen LogP) is 6.36. The first-order valence-electron chi connectivity index (χ1n) is 12.5. The molecule has 6 nitrogen and oxygen atoms in total. The summed E-state index contributed by atoms with van der Waals surface area (Å²) in [4.78, 5) is 25.3. The van der Waals surface area contributed by atoms with Crippen molar-refractivity contribution in [1.82, 2.24) is 19.5 Å². The van der Waals surface area contributed by atoms with Crippen LogP contribution in [0.1, 0.15) is 78.5 Å². The number of allylic oxidation sites excluding steroid dienone is 1. The molecular formula is C27H22F6N4O2. The van der Waals surface area contributed by atoms with E-state index in [2.05, 4.69) is 20.7 Å². The zero-order valence-electron chi connectivity index (χ0n) is 20.7. The lowest BCUT2D eigenvalue weighted by Gasteiger charge is -2.30. The average molecular weight is 548 g/mol. The molecule has 0 bridgehead atoms. The highest BCUT2D eigenvalue weighted by molar-refractivity contribution is 5.90. The fourth-order valence-corrected chi connectivity index (χ4v) is 5.13. The summed E-state index contributed by atoms with van der Waals surface area (Å²) in [5, 5.41) is -0.0690. The van der Waals surface area contributed by atoms with E-state index in [1.165, 1.54) is 13.0 Å². The van der Waals surface area contributed by atoms with Gasteiger partial charge in [-0.25, -0.2) is 15.0 Å². The van der Waals surface area contributed by atoms with Gasteiger partial charge in [-0.05, 0) is 50.3 Å². The first kappa shape index (κ1) is 25.8. The van der Waals surface area contributed by atoms with Gasteiger partial charge in [-0.15, -0.1) is 5.73 Å². The SMILES string of the molecule is Cc1nc2nc([C@H]3CCO[C@@H](c4ccc(=O)n(C5CC5)c4)C3)nc(C3=C=C(C(F)(F)F)C3)c2cc1C(F)(F)F. The monoisotopic (exact) mass is 548 g/mol. The Morgan fingerprint density at radius 1 is 1.03 bits per heavy atom. The Morgan fingerprint density at radius 2 is 1.77 bits per heavy atom. The quantitative estimate of drug-likeness (QED) is 0.280. The van der Waals surface area contributed by atoms with Crippen LogP contribution in [-0.2, 0) is 10.9 Å². The summed E-state index contributed by atoms with van der Waals surface area (Å²) in [6, 6.07) is 4.26.